The van der Waals surface area contributed by atoms with Crippen molar-refractivity contribution in [3.63, 3.8) is 0 Å². The Morgan fingerprint density at radius 1 is 1.24 bits per heavy atom. The van der Waals surface area contributed by atoms with E-state index >= 15 is 0 Å². The molecular weight excluding hydrogens is 318 g/mol. The summed E-state index contributed by atoms with van der Waals surface area (Å²) < 4.78 is 1.81. The number of carbonyl (C=O) groups excluding carboxylic acids is 2. The third-order valence-corrected chi connectivity index (χ3v) is 5.34. The van der Waals surface area contributed by atoms with Crippen LogP contribution in [-0.4, -0.2) is 63.1 Å². The van der Waals surface area contributed by atoms with Crippen LogP contribution in [0.15, 0.2) is 12.3 Å². The zero-order chi connectivity index (χ0) is 18.0. The van der Waals surface area contributed by atoms with Gasteiger partial charge in [-0.25, -0.2) is 4.68 Å². The molecule has 2 saturated heterocycles. The number of hydrogen-bond acceptors (Lipinski definition) is 4. The van der Waals surface area contributed by atoms with Crippen molar-refractivity contribution in [2.24, 2.45) is 0 Å². The van der Waals surface area contributed by atoms with Crippen molar-refractivity contribution in [3.8, 4) is 0 Å². The van der Waals surface area contributed by atoms with Gasteiger partial charge in [0.2, 0.25) is 11.8 Å². The first-order valence-electron chi connectivity index (χ1n) is 9.32. The Balaban J connectivity index is 1.62. The first-order chi connectivity index (χ1) is 12.0. The molecule has 138 valence electrons. The molecule has 2 aliphatic heterocycles. The lowest BCUT2D eigenvalue weighted by atomic mass is 10.0. The van der Waals surface area contributed by atoms with E-state index in [1.165, 1.54) is 0 Å². The predicted molar refractivity (Wildman–Crippen MR) is 96.2 cm³/mol. The summed E-state index contributed by atoms with van der Waals surface area (Å²) in [5, 5.41) is 7.24. The van der Waals surface area contributed by atoms with Crippen molar-refractivity contribution in [2.45, 2.75) is 64.6 Å². The van der Waals surface area contributed by atoms with Gasteiger partial charge in [-0.05, 0) is 46.1 Å². The summed E-state index contributed by atoms with van der Waals surface area (Å²) in [6.45, 7) is 7.87. The van der Waals surface area contributed by atoms with Gasteiger partial charge in [-0.15, -0.1) is 0 Å². The monoisotopic (exact) mass is 347 g/mol. The topological polar surface area (TPSA) is 70.5 Å². The Morgan fingerprint density at radius 3 is 2.68 bits per heavy atom. The molecule has 0 aliphatic carbocycles. The standard InChI is InChI=1S/C18H29N5O2/c1-13(2)23-17(8-9-19-23)20-18(25)12-21-10-4-6-15(21)16-7-5-11-22(16)14(3)24/h8-9,13,15-16H,4-7,10-12H2,1-3H3,(H,20,25). The van der Waals surface area contributed by atoms with Gasteiger partial charge >= 0.3 is 0 Å². The van der Waals surface area contributed by atoms with Gasteiger partial charge < -0.3 is 10.2 Å². The molecule has 1 aromatic heterocycles. The third kappa shape index (κ3) is 3.86. The molecule has 25 heavy (non-hydrogen) atoms. The SMILES string of the molecule is CC(=O)N1CCCC1C1CCCN1CC(=O)Nc1ccnn1C(C)C. The van der Waals surface area contributed by atoms with Gasteiger partial charge in [-0.1, -0.05) is 0 Å². The molecule has 7 heteroatoms. The molecule has 1 aromatic rings. The predicted octanol–water partition coefficient (Wildman–Crippen LogP) is 1.88. The number of rotatable bonds is 5. The second-order valence-electron chi connectivity index (χ2n) is 7.40. The van der Waals surface area contributed by atoms with Crippen LogP contribution in [-0.2, 0) is 9.59 Å². The van der Waals surface area contributed by atoms with E-state index in [0.29, 0.717) is 12.6 Å². The van der Waals surface area contributed by atoms with E-state index in [4.69, 9.17) is 0 Å². The van der Waals surface area contributed by atoms with Crippen LogP contribution in [0.5, 0.6) is 0 Å². The molecule has 0 bridgehead atoms. The van der Waals surface area contributed by atoms with Crippen LogP contribution < -0.4 is 5.32 Å². The van der Waals surface area contributed by atoms with Crippen molar-refractivity contribution in [2.75, 3.05) is 25.0 Å². The quantitative estimate of drug-likeness (QED) is 0.883. The summed E-state index contributed by atoms with van der Waals surface area (Å²) in [4.78, 5) is 28.7. The molecule has 2 aliphatic rings. The Kier molecular flexibility index (Phi) is 5.42. The molecule has 2 fully saturated rings. The first kappa shape index (κ1) is 17.9. The molecule has 7 nitrogen and oxygen atoms in total. The average Bonchev–Trinajstić information content (AvgIpc) is 3.25. The van der Waals surface area contributed by atoms with Gasteiger partial charge in [-0.3, -0.25) is 14.5 Å². The van der Waals surface area contributed by atoms with Crippen LogP contribution in [0.1, 0.15) is 52.5 Å². The molecule has 3 heterocycles. The fraction of sp³-hybridized carbons (Fsp3) is 0.722. The normalized spacial score (nSPS) is 24.2. The van der Waals surface area contributed by atoms with Crippen molar-refractivity contribution < 1.29 is 9.59 Å². The Labute approximate surface area is 149 Å². The molecule has 2 unspecified atom stereocenters. The van der Waals surface area contributed by atoms with E-state index < -0.39 is 0 Å². The third-order valence-electron chi connectivity index (χ3n) is 5.34. The highest BCUT2D eigenvalue weighted by molar-refractivity contribution is 5.91. The van der Waals surface area contributed by atoms with Crippen molar-refractivity contribution >= 4 is 17.6 Å². The molecule has 2 amide bonds. The maximum absolute atomic E-state index is 12.5. The van der Waals surface area contributed by atoms with E-state index in [0.717, 1.165) is 44.6 Å². The minimum atomic E-state index is -0.0123. The molecule has 0 spiro atoms. The molecule has 3 rings (SSSR count). The van der Waals surface area contributed by atoms with Crippen molar-refractivity contribution in [3.05, 3.63) is 12.3 Å². The lowest BCUT2D eigenvalue weighted by Gasteiger charge is -2.34. The number of nitrogens with zero attached hydrogens (tertiary/aromatic N) is 4. The maximum Gasteiger partial charge on any atom is 0.239 e. The van der Waals surface area contributed by atoms with Gasteiger partial charge in [-0.2, -0.15) is 5.10 Å². The summed E-state index contributed by atoms with van der Waals surface area (Å²) in [5.41, 5.74) is 0. The van der Waals surface area contributed by atoms with Crippen LogP contribution in [0.25, 0.3) is 0 Å². The minimum absolute atomic E-state index is 0.0123. The fourth-order valence-corrected chi connectivity index (χ4v) is 4.26. The van der Waals surface area contributed by atoms with E-state index in [1.807, 2.05) is 29.5 Å². The average molecular weight is 347 g/mol. The van der Waals surface area contributed by atoms with E-state index in [-0.39, 0.29) is 23.9 Å². The molecule has 1 N–H and O–H groups in total. The number of anilines is 1. The van der Waals surface area contributed by atoms with Gasteiger partial charge in [0, 0.05) is 37.7 Å². The summed E-state index contributed by atoms with van der Waals surface area (Å²) in [5.74, 6) is 0.878. The van der Waals surface area contributed by atoms with Gasteiger partial charge in [0.05, 0.1) is 12.7 Å². The zero-order valence-electron chi connectivity index (χ0n) is 15.4. The lowest BCUT2D eigenvalue weighted by molar-refractivity contribution is -0.130. The van der Waals surface area contributed by atoms with Crippen LogP contribution >= 0.6 is 0 Å². The summed E-state index contributed by atoms with van der Waals surface area (Å²) in [6, 6.07) is 2.59. The second kappa shape index (κ2) is 7.56. The highest BCUT2D eigenvalue weighted by atomic mass is 16.2. The second-order valence-corrected chi connectivity index (χ2v) is 7.40. The molecule has 0 aromatic carbocycles. The van der Waals surface area contributed by atoms with Crippen LogP contribution in [0.4, 0.5) is 5.82 Å². The Hall–Kier alpha value is -1.89. The lowest BCUT2D eigenvalue weighted by Crippen LogP contribution is -2.49. The van der Waals surface area contributed by atoms with Crippen molar-refractivity contribution in [1.29, 1.82) is 0 Å². The maximum atomic E-state index is 12.5. The summed E-state index contributed by atoms with van der Waals surface area (Å²) in [6.07, 6.45) is 5.96. The highest BCUT2D eigenvalue weighted by Crippen LogP contribution is 2.30. The number of hydrogen-bond donors (Lipinski definition) is 1. The smallest absolute Gasteiger partial charge is 0.239 e. The minimum Gasteiger partial charge on any atom is -0.338 e. The number of nitrogens with one attached hydrogen (secondary N) is 1. The number of likely N-dealkylation sites (tertiary alicyclic amines) is 2. The highest BCUT2D eigenvalue weighted by Gasteiger charge is 2.39. The summed E-state index contributed by atoms with van der Waals surface area (Å²) >= 11 is 0. The molecule has 0 saturated carbocycles. The number of amides is 2. The van der Waals surface area contributed by atoms with Crippen LogP contribution in [0.3, 0.4) is 0 Å². The van der Waals surface area contributed by atoms with Crippen LogP contribution in [0, 0.1) is 0 Å². The summed E-state index contributed by atoms with van der Waals surface area (Å²) in [7, 11) is 0. The zero-order valence-corrected chi connectivity index (χ0v) is 15.4. The van der Waals surface area contributed by atoms with E-state index in [2.05, 4.69) is 15.3 Å². The van der Waals surface area contributed by atoms with Gasteiger partial charge in [0.1, 0.15) is 5.82 Å². The van der Waals surface area contributed by atoms with Crippen molar-refractivity contribution in [1.82, 2.24) is 19.6 Å². The van der Waals surface area contributed by atoms with E-state index in [9.17, 15) is 9.59 Å². The number of aromatic nitrogens is 2. The van der Waals surface area contributed by atoms with Gasteiger partial charge in [0.25, 0.3) is 0 Å². The van der Waals surface area contributed by atoms with Crippen LogP contribution in [0.2, 0.25) is 0 Å². The van der Waals surface area contributed by atoms with E-state index in [1.54, 1.807) is 13.1 Å². The number of carbonyl (C=O) groups is 2. The molecular formula is C18H29N5O2. The largest absolute Gasteiger partial charge is 0.338 e. The molecule has 0 radical (unpaired) electrons. The fourth-order valence-electron chi connectivity index (χ4n) is 4.26. The molecule has 2 atom stereocenters. The first-order valence-corrected chi connectivity index (χ1v) is 9.32. The Morgan fingerprint density at radius 2 is 1.96 bits per heavy atom. The Bertz CT molecular complexity index is 627. The van der Waals surface area contributed by atoms with Gasteiger partial charge in [0.15, 0.2) is 0 Å².